The molecule has 2 aromatic rings. The third kappa shape index (κ3) is 4.65. The molecule has 148 valence electrons. The number of benzene rings is 1. The summed E-state index contributed by atoms with van der Waals surface area (Å²) in [5, 5.41) is 17.6. The van der Waals surface area contributed by atoms with Gasteiger partial charge in [-0.2, -0.15) is 5.10 Å². The molecule has 1 aliphatic heterocycles. The van der Waals surface area contributed by atoms with Crippen molar-refractivity contribution in [3.63, 3.8) is 0 Å². The molecule has 3 rings (SSSR count). The largest absolute Gasteiger partial charge is 0.478 e. The smallest absolute Gasteiger partial charge is 0.335 e. The number of rotatable bonds is 6. The van der Waals surface area contributed by atoms with Crippen molar-refractivity contribution in [1.82, 2.24) is 15.1 Å². The van der Waals surface area contributed by atoms with Crippen LogP contribution in [0.15, 0.2) is 36.4 Å². The lowest BCUT2D eigenvalue weighted by molar-refractivity contribution is -0.132. The zero-order chi connectivity index (χ0) is 20.1. The van der Waals surface area contributed by atoms with E-state index in [4.69, 9.17) is 0 Å². The Kier molecular flexibility index (Phi) is 6.23. The number of carbonyl (C=O) groups is 2. The molecule has 7 heteroatoms. The van der Waals surface area contributed by atoms with Crippen LogP contribution in [0.25, 0.3) is 0 Å². The molecule has 0 aliphatic carbocycles. The number of carboxylic acids is 1. The van der Waals surface area contributed by atoms with Crippen LogP contribution < -0.4 is 4.90 Å². The van der Waals surface area contributed by atoms with E-state index in [0.717, 1.165) is 24.4 Å². The number of anilines is 1. The number of aryl methyl sites for hydroxylation is 2. The van der Waals surface area contributed by atoms with Gasteiger partial charge in [0, 0.05) is 32.6 Å². The van der Waals surface area contributed by atoms with E-state index in [1.165, 1.54) is 0 Å². The number of aromatic carboxylic acids is 1. The van der Waals surface area contributed by atoms with E-state index in [-0.39, 0.29) is 11.5 Å². The molecule has 0 atom stereocenters. The first-order chi connectivity index (χ1) is 13.5. The number of carboxylic acid groups (broad SMARTS) is 1. The highest BCUT2D eigenvalue weighted by atomic mass is 16.4. The fourth-order valence-electron chi connectivity index (χ4n) is 3.62. The standard InChI is InChI=1S/C21H26N4O3/c1-15-7-9-19(23-22-15)24(2)17-11-13-25(14-12-17)20(26)10-8-16-5-3-4-6-18(16)21(27)28/h3-7,9,17H,8,10-14H2,1-2H3,(H,27,28). The van der Waals surface area contributed by atoms with Gasteiger partial charge in [0.1, 0.15) is 0 Å². The topological polar surface area (TPSA) is 86.6 Å². The van der Waals surface area contributed by atoms with Gasteiger partial charge in [0.05, 0.1) is 11.3 Å². The molecule has 2 heterocycles. The first-order valence-electron chi connectivity index (χ1n) is 9.58. The van der Waals surface area contributed by atoms with Gasteiger partial charge in [-0.05, 0) is 49.9 Å². The highest BCUT2D eigenvalue weighted by Crippen LogP contribution is 2.21. The first kappa shape index (κ1) is 19.8. The molecule has 1 saturated heterocycles. The lowest BCUT2D eigenvalue weighted by Crippen LogP contribution is -2.46. The van der Waals surface area contributed by atoms with Gasteiger partial charge in [-0.25, -0.2) is 4.79 Å². The van der Waals surface area contributed by atoms with Crippen LogP contribution in [0, 0.1) is 6.92 Å². The molecule has 0 radical (unpaired) electrons. The van der Waals surface area contributed by atoms with Crippen LogP contribution in [0.2, 0.25) is 0 Å². The molecular weight excluding hydrogens is 356 g/mol. The van der Waals surface area contributed by atoms with E-state index in [2.05, 4.69) is 15.1 Å². The Bertz CT molecular complexity index is 830. The fourth-order valence-corrected chi connectivity index (χ4v) is 3.62. The zero-order valence-corrected chi connectivity index (χ0v) is 16.3. The third-order valence-corrected chi connectivity index (χ3v) is 5.37. The number of hydrogen-bond donors (Lipinski definition) is 1. The van der Waals surface area contributed by atoms with Crippen molar-refractivity contribution in [1.29, 1.82) is 0 Å². The van der Waals surface area contributed by atoms with Gasteiger partial charge >= 0.3 is 5.97 Å². The Morgan fingerprint density at radius 3 is 2.50 bits per heavy atom. The molecule has 1 aromatic heterocycles. The van der Waals surface area contributed by atoms with Crippen molar-refractivity contribution in [2.45, 2.75) is 38.6 Å². The molecule has 1 aliphatic rings. The number of hydrogen-bond acceptors (Lipinski definition) is 5. The van der Waals surface area contributed by atoms with Crippen molar-refractivity contribution in [2.75, 3.05) is 25.0 Å². The predicted octanol–water partition coefficient (Wildman–Crippen LogP) is 2.54. The van der Waals surface area contributed by atoms with Crippen LogP contribution in [0.3, 0.4) is 0 Å². The molecule has 0 spiro atoms. The average molecular weight is 382 g/mol. The molecule has 28 heavy (non-hydrogen) atoms. The Morgan fingerprint density at radius 1 is 1.14 bits per heavy atom. The highest BCUT2D eigenvalue weighted by Gasteiger charge is 2.26. The molecule has 1 aromatic carbocycles. The molecule has 0 unspecified atom stereocenters. The second kappa shape index (κ2) is 8.82. The Balaban J connectivity index is 1.51. The van der Waals surface area contributed by atoms with Gasteiger partial charge < -0.3 is 14.9 Å². The number of piperidine rings is 1. The molecule has 0 saturated carbocycles. The van der Waals surface area contributed by atoms with Crippen LogP contribution in [0.5, 0.6) is 0 Å². The third-order valence-electron chi connectivity index (χ3n) is 5.37. The minimum atomic E-state index is -0.953. The molecule has 7 nitrogen and oxygen atoms in total. The second-order valence-electron chi connectivity index (χ2n) is 7.22. The second-order valence-corrected chi connectivity index (χ2v) is 7.22. The maximum absolute atomic E-state index is 12.6. The van der Waals surface area contributed by atoms with E-state index in [9.17, 15) is 14.7 Å². The van der Waals surface area contributed by atoms with Crippen LogP contribution in [0.4, 0.5) is 5.82 Å². The summed E-state index contributed by atoms with van der Waals surface area (Å²) in [6.45, 7) is 3.32. The Labute approximate surface area is 165 Å². The van der Waals surface area contributed by atoms with Crippen molar-refractivity contribution >= 4 is 17.7 Å². The number of nitrogens with zero attached hydrogens (tertiary/aromatic N) is 4. The van der Waals surface area contributed by atoms with Crippen LogP contribution in [0.1, 0.15) is 40.9 Å². The van der Waals surface area contributed by atoms with E-state index < -0.39 is 5.97 Å². The van der Waals surface area contributed by atoms with Gasteiger partial charge in [-0.15, -0.1) is 5.10 Å². The normalized spacial score (nSPS) is 14.7. The molecule has 1 fully saturated rings. The fraction of sp³-hybridized carbons (Fsp3) is 0.429. The first-order valence-corrected chi connectivity index (χ1v) is 9.58. The summed E-state index contributed by atoms with van der Waals surface area (Å²) in [7, 11) is 2.02. The molecule has 1 N–H and O–H groups in total. The minimum absolute atomic E-state index is 0.0800. The lowest BCUT2D eigenvalue weighted by atomic mass is 10.0. The quantitative estimate of drug-likeness (QED) is 0.826. The summed E-state index contributed by atoms with van der Waals surface area (Å²) in [4.78, 5) is 27.9. The predicted molar refractivity (Wildman–Crippen MR) is 106 cm³/mol. The maximum Gasteiger partial charge on any atom is 0.335 e. The van der Waals surface area contributed by atoms with Crippen molar-refractivity contribution < 1.29 is 14.7 Å². The number of likely N-dealkylation sites (tertiary alicyclic amines) is 1. The Morgan fingerprint density at radius 2 is 1.86 bits per heavy atom. The zero-order valence-electron chi connectivity index (χ0n) is 16.3. The van der Waals surface area contributed by atoms with Crippen molar-refractivity contribution in [2.24, 2.45) is 0 Å². The number of carbonyl (C=O) groups excluding carboxylic acids is 1. The summed E-state index contributed by atoms with van der Waals surface area (Å²) < 4.78 is 0. The monoisotopic (exact) mass is 382 g/mol. The van der Waals surface area contributed by atoms with Crippen LogP contribution in [-0.4, -0.2) is 58.3 Å². The maximum atomic E-state index is 12.6. The molecule has 0 bridgehead atoms. The lowest BCUT2D eigenvalue weighted by Gasteiger charge is -2.37. The van der Waals surface area contributed by atoms with Crippen LogP contribution >= 0.6 is 0 Å². The average Bonchev–Trinajstić information content (AvgIpc) is 2.72. The van der Waals surface area contributed by atoms with Gasteiger partial charge in [0.15, 0.2) is 5.82 Å². The van der Waals surface area contributed by atoms with Gasteiger partial charge in [-0.1, -0.05) is 18.2 Å². The summed E-state index contributed by atoms with van der Waals surface area (Å²) in [5.41, 5.74) is 1.87. The number of amides is 1. The van der Waals surface area contributed by atoms with E-state index in [1.54, 1.807) is 18.2 Å². The minimum Gasteiger partial charge on any atom is -0.478 e. The van der Waals surface area contributed by atoms with E-state index in [0.29, 0.717) is 37.5 Å². The highest BCUT2D eigenvalue weighted by molar-refractivity contribution is 5.89. The molecular formula is C21H26N4O3. The van der Waals surface area contributed by atoms with Gasteiger partial charge in [0.2, 0.25) is 5.91 Å². The van der Waals surface area contributed by atoms with Crippen molar-refractivity contribution in [3.05, 3.63) is 53.2 Å². The summed E-state index contributed by atoms with van der Waals surface area (Å²) in [6, 6.07) is 11.1. The number of aromatic nitrogens is 2. The summed E-state index contributed by atoms with van der Waals surface area (Å²) in [5.74, 6) is -0.0248. The van der Waals surface area contributed by atoms with Gasteiger partial charge in [-0.3, -0.25) is 4.79 Å². The Hall–Kier alpha value is -2.96. The summed E-state index contributed by atoms with van der Waals surface area (Å²) >= 11 is 0. The van der Waals surface area contributed by atoms with E-state index in [1.807, 2.05) is 37.1 Å². The molecule has 1 amide bonds. The summed E-state index contributed by atoms with van der Waals surface area (Å²) in [6.07, 6.45) is 2.53. The van der Waals surface area contributed by atoms with Crippen LogP contribution in [-0.2, 0) is 11.2 Å². The van der Waals surface area contributed by atoms with E-state index >= 15 is 0 Å². The SMILES string of the molecule is Cc1ccc(N(C)C2CCN(C(=O)CCc3ccccc3C(=O)O)CC2)nn1. The van der Waals surface area contributed by atoms with Crippen molar-refractivity contribution in [3.8, 4) is 0 Å². The van der Waals surface area contributed by atoms with Gasteiger partial charge in [0.25, 0.3) is 0 Å².